The molecule has 34 heavy (non-hydrogen) atoms. The largest absolute Gasteiger partial charge is 0.395 e. The van der Waals surface area contributed by atoms with Crippen molar-refractivity contribution in [3.63, 3.8) is 0 Å². The summed E-state index contributed by atoms with van der Waals surface area (Å²) < 4.78 is 14.1. The molecule has 0 saturated heterocycles. The third kappa shape index (κ3) is 5.55. The van der Waals surface area contributed by atoms with E-state index in [1.165, 1.54) is 36.0 Å². The molecule has 0 aromatic heterocycles. The van der Waals surface area contributed by atoms with Gasteiger partial charge in [0.1, 0.15) is 0 Å². The topological polar surface area (TPSA) is 113 Å². The van der Waals surface area contributed by atoms with E-state index in [4.69, 9.17) is 0 Å². The number of aliphatic hydroxyl groups excluding tert-OH is 2. The van der Waals surface area contributed by atoms with Crippen molar-refractivity contribution >= 4 is 34.6 Å². The molecule has 0 fully saturated rings. The minimum Gasteiger partial charge on any atom is -0.395 e. The van der Waals surface area contributed by atoms with Crippen LogP contribution in [0.4, 0.5) is 5.69 Å². The van der Waals surface area contributed by atoms with Gasteiger partial charge in [-0.1, -0.05) is 72.4 Å². The molecule has 4 rings (SSSR count). The minimum absolute atomic E-state index is 0.104. The summed E-state index contributed by atoms with van der Waals surface area (Å²) in [5.41, 5.74) is 2.09. The van der Waals surface area contributed by atoms with Gasteiger partial charge >= 0.3 is 0 Å². The molecular weight excluding hydrogens is 471 g/mol. The zero-order valence-electron chi connectivity index (χ0n) is 18.0. The van der Waals surface area contributed by atoms with Crippen LogP contribution >= 0.6 is 19.1 Å². The third-order valence-corrected chi connectivity index (χ3v) is 8.86. The summed E-state index contributed by atoms with van der Waals surface area (Å²) in [6, 6.07) is 23.7. The second-order valence-corrected chi connectivity index (χ2v) is 11.0. The van der Waals surface area contributed by atoms with E-state index in [-0.39, 0.29) is 5.69 Å². The first-order valence-electron chi connectivity index (χ1n) is 10.5. The van der Waals surface area contributed by atoms with Crippen molar-refractivity contribution in [1.82, 2.24) is 5.09 Å². The molecule has 1 heterocycles. The molecule has 0 amide bonds. The number of benzene rings is 3. The number of hydrogen-bond acceptors (Lipinski definition) is 6. The monoisotopic (exact) mass is 494 g/mol. The average molecular weight is 495 g/mol. The van der Waals surface area contributed by atoms with E-state index in [1.807, 2.05) is 60.7 Å². The lowest BCUT2D eigenvalue weighted by atomic mass is 10.0. The Balaban J connectivity index is 1.67. The molecule has 1 aliphatic rings. The fourth-order valence-corrected chi connectivity index (χ4v) is 7.66. The molecule has 7 nitrogen and oxygen atoms in total. The van der Waals surface area contributed by atoms with Gasteiger partial charge in [-0.15, -0.1) is 0 Å². The number of rotatable bonds is 8. The van der Waals surface area contributed by atoms with Gasteiger partial charge in [0.15, 0.2) is 7.29 Å². The lowest BCUT2D eigenvalue weighted by Gasteiger charge is -2.28. The molecule has 0 bridgehead atoms. The van der Waals surface area contributed by atoms with E-state index in [9.17, 15) is 24.9 Å². The van der Waals surface area contributed by atoms with E-state index in [2.05, 4.69) is 5.09 Å². The Morgan fingerprint density at radius 1 is 0.882 bits per heavy atom. The summed E-state index contributed by atoms with van der Waals surface area (Å²) >= 11 is 1.50. The van der Waals surface area contributed by atoms with Crippen molar-refractivity contribution in [2.24, 2.45) is 0 Å². The summed E-state index contributed by atoms with van der Waals surface area (Å²) in [7, 11) is -3.35. The first kappa shape index (κ1) is 24.1. The van der Waals surface area contributed by atoms with Crippen LogP contribution in [0.15, 0.2) is 96.6 Å². The number of thioether (sulfide) groups is 1. The molecular formula is C25H23N2O5PS. The number of aliphatic hydroxyl groups is 2. The van der Waals surface area contributed by atoms with Gasteiger partial charge in [-0.05, 0) is 28.8 Å². The fourth-order valence-electron chi connectivity index (χ4n) is 3.60. The van der Waals surface area contributed by atoms with Crippen molar-refractivity contribution in [3.05, 3.63) is 123 Å². The normalized spacial score (nSPS) is 16.8. The minimum atomic E-state index is -3.35. The molecule has 3 aromatic carbocycles. The van der Waals surface area contributed by atoms with Crippen molar-refractivity contribution in [2.45, 2.75) is 12.1 Å². The van der Waals surface area contributed by atoms with Crippen molar-refractivity contribution < 1.29 is 19.7 Å². The summed E-state index contributed by atoms with van der Waals surface area (Å²) in [5, 5.41) is 34.8. The lowest BCUT2D eigenvalue weighted by Crippen LogP contribution is -2.35. The molecule has 2 atom stereocenters. The lowest BCUT2D eigenvalue weighted by molar-refractivity contribution is -0.384. The summed E-state index contributed by atoms with van der Waals surface area (Å²) in [6.07, 6.45) is -1.23. The van der Waals surface area contributed by atoms with Crippen LogP contribution in [0.2, 0.25) is 0 Å². The maximum Gasteiger partial charge on any atom is 0.269 e. The smallest absolute Gasteiger partial charge is 0.269 e. The second kappa shape index (κ2) is 10.5. The molecule has 0 saturated carbocycles. The number of nitro groups is 1. The Hall–Kier alpha value is -3.00. The quantitative estimate of drug-likeness (QED) is 0.212. The highest BCUT2D eigenvalue weighted by Crippen LogP contribution is 2.59. The molecule has 2 unspecified atom stereocenters. The van der Waals surface area contributed by atoms with Gasteiger partial charge in [-0.2, -0.15) is 0 Å². The molecule has 0 spiro atoms. The van der Waals surface area contributed by atoms with Gasteiger partial charge in [-0.3, -0.25) is 19.8 Å². The van der Waals surface area contributed by atoms with Crippen LogP contribution in [-0.2, 0) is 4.57 Å². The molecule has 3 aromatic rings. The molecule has 174 valence electrons. The Bertz CT molecular complexity index is 1200. The number of nitrogens with one attached hydrogen (secondary N) is 1. The van der Waals surface area contributed by atoms with Crippen molar-refractivity contribution in [1.29, 1.82) is 0 Å². The zero-order chi connectivity index (χ0) is 24.1. The van der Waals surface area contributed by atoms with Crippen LogP contribution < -0.4 is 5.09 Å². The van der Waals surface area contributed by atoms with Crippen LogP contribution in [0.1, 0.15) is 22.8 Å². The fraction of sp³-hybridized carbons (Fsp3) is 0.120. The maximum atomic E-state index is 14.1. The van der Waals surface area contributed by atoms with Crippen LogP contribution in [0.3, 0.4) is 0 Å². The predicted octanol–water partition coefficient (Wildman–Crippen LogP) is 5.60. The highest BCUT2D eigenvalue weighted by molar-refractivity contribution is 8.17. The third-order valence-electron chi connectivity index (χ3n) is 5.35. The van der Waals surface area contributed by atoms with E-state index in [1.54, 1.807) is 11.6 Å². The van der Waals surface area contributed by atoms with Crippen LogP contribution in [0, 0.1) is 10.1 Å². The van der Waals surface area contributed by atoms with Crippen LogP contribution in [-0.4, -0.2) is 27.8 Å². The van der Waals surface area contributed by atoms with Gasteiger partial charge in [0, 0.05) is 33.6 Å². The SMILES string of the molecule is O=[N+]([O-])c1ccc(C(O)C(CO)NP2(=O)C=C(c3ccccc3)SC(c3ccccc3)=C2)cc1. The van der Waals surface area contributed by atoms with Crippen molar-refractivity contribution in [3.8, 4) is 0 Å². The number of nitro benzene ring substituents is 1. The molecule has 0 aliphatic carbocycles. The van der Waals surface area contributed by atoms with Crippen molar-refractivity contribution in [2.75, 3.05) is 6.61 Å². The maximum absolute atomic E-state index is 14.1. The Morgan fingerprint density at radius 3 is 1.82 bits per heavy atom. The molecule has 9 heteroatoms. The van der Waals surface area contributed by atoms with E-state index in [0.717, 1.165) is 20.9 Å². The highest BCUT2D eigenvalue weighted by atomic mass is 32.2. The van der Waals surface area contributed by atoms with Gasteiger partial charge < -0.3 is 10.2 Å². The summed E-state index contributed by atoms with van der Waals surface area (Å²) in [4.78, 5) is 12.0. The van der Waals surface area contributed by atoms with Crippen LogP contribution in [0.5, 0.6) is 0 Å². The highest BCUT2D eigenvalue weighted by Gasteiger charge is 2.31. The molecule has 1 aliphatic heterocycles. The predicted molar refractivity (Wildman–Crippen MR) is 136 cm³/mol. The molecule has 3 N–H and O–H groups in total. The van der Waals surface area contributed by atoms with E-state index >= 15 is 0 Å². The van der Waals surface area contributed by atoms with Gasteiger partial charge in [-0.25, -0.2) is 0 Å². The summed E-state index contributed by atoms with van der Waals surface area (Å²) in [6.45, 7) is -0.488. The van der Waals surface area contributed by atoms with Gasteiger partial charge in [0.25, 0.3) is 5.69 Å². The molecule has 0 radical (unpaired) electrons. The zero-order valence-corrected chi connectivity index (χ0v) is 19.7. The van der Waals surface area contributed by atoms with Gasteiger partial charge in [0.2, 0.25) is 0 Å². The van der Waals surface area contributed by atoms with E-state index in [0.29, 0.717) is 5.56 Å². The number of non-ortho nitro benzene ring substituents is 1. The first-order chi connectivity index (χ1) is 16.4. The Morgan fingerprint density at radius 2 is 1.38 bits per heavy atom. The second-order valence-electron chi connectivity index (χ2n) is 7.74. The van der Waals surface area contributed by atoms with Crippen LogP contribution in [0.25, 0.3) is 9.81 Å². The Labute approximate surface area is 201 Å². The number of hydrogen-bond donors (Lipinski definition) is 3. The van der Waals surface area contributed by atoms with Gasteiger partial charge in [0.05, 0.1) is 23.7 Å². The number of nitrogens with zero attached hydrogens (tertiary/aromatic N) is 1. The average Bonchev–Trinajstić information content (AvgIpc) is 2.87. The van der Waals surface area contributed by atoms with E-state index < -0.39 is 31.0 Å². The standard InChI is InChI=1S/C25H23N2O5PS/c28-15-22(25(29)20-11-13-21(14-12-20)27(30)31)26-33(32)16-23(18-7-3-1-4-8-18)34-24(17-33)19-9-5-2-6-10-19/h1-14,16-17,22,25,28-29H,15H2,(H,26,32). The first-order valence-corrected chi connectivity index (χ1v) is 13.2. The Kier molecular flexibility index (Phi) is 7.46. The summed E-state index contributed by atoms with van der Waals surface area (Å²) in [5.74, 6) is 3.31.